The number of hydrogen-bond acceptors (Lipinski definition) is 4. The minimum Gasteiger partial charge on any atom is -0.507 e. The summed E-state index contributed by atoms with van der Waals surface area (Å²) in [7, 11) is -4.80. The zero-order valence-corrected chi connectivity index (χ0v) is 18.0. The monoisotopic (exact) mass is 522 g/mol. The first-order valence-electron chi connectivity index (χ1n) is 8.05. The van der Waals surface area contributed by atoms with Gasteiger partial charge in [-0.25, -0.2) is 0 Å². The zero-order valence-electron chi connectivity index (χ0n) is 14.1. The molecule has 0 bridgehead atoms. The van der Waals surface area contributed by atoms with Crippen molar-refractivity contribution in [1.29, 1.82) is 0 Å². The molecule has 8 heteroatoms. The second kappa shape index (κ2) is 7.04. The topological polar surface area (TPSA) is 83.8 Å². The molecule has 0 saturated carbocycles. The van der Waals surface area contributed by atoms with Gasteiger partial charge in [0, 0.05) is 36.2 Å². The predicted molar refractivity (Wildman–Crippen MR) is 116 cm³/mol. The van der Waals surface area contributed by atoms with Crippen molar-refractivity contribution in [3.05, 3.63) is 69.6 Å². The smallest absolute Gasteiger partial charge is 0.446 e. The molecule has 0 saturated heterocycles. The number of aromatic hydroxyl groups is 1. The number of halogens is 2. The van der Waals surface area contributed by atoms with Gasteiger partial charge in [-0.05, 0) is 43.3 Å². The molecule has 0 spiro atoms. The molecule has 0 heterocycles. The molecule has 0 aliphatic rings. The van der Waals surface area contributed by atoms with Gasteiger partial charge in [-0.3, -0.25) is 4.55 Å². The van der Waals surface area contributed by atoms with Gasteiger partial charge in [0.2, 0.25) is 0 Å². The number of fused-ring (bicyclic) bond motifs is 2. The molecule has 4 rings (SSSR count). The van der Waals surface area contributed by atoms with Gasteiger partial charge >= 0.3 is 10.4 Å². The second-order valence-corrected chi connectivity index (χ2v) is 8.68. The lowest BCUT2D eigenvalue weighted by molar-refractivity contribution is 0.388. The van der Waals surface area contributed by atoms with Crippen molar-refractivity contribution in [1.82, 2.24) is 0 Å². The SMILES string of the molecule is O=S(=O)(O)Oc1c(-c2ccc3ccccc3c2O)c(Br)c(Br)c2ccccc12. The van der Waals surface area contributed by atoms with Crippen LogP contribution in [-0.2, 0) is 10.4 Å². The Hall–Kier alpha value is -2.13. The summed E-state index contributed by atoms with van der Waals surface area (Å²) in [6.45, 7) is 0. The summed E-state index contributed by atoms with van der Waals surface area (Å²) in [6.07, 6.45) is 0. The number of rotatable bonds is 3. The van der Waals surface area contributed by atoms with Crippen molar-refractivity contribution in [2.45, 2.75) is 0 Å². The Bertz CT molecular complexity index is 1350. The van der Waals surface area contributed by atoms with Crippen molar-refractivity contribution in [3.8, 4) is 22.6 Å². The van der Waals surface area contributed by atoms with Crippen LogP contribution >= 0.6 is 31.9 Å². The summed E-state index contributed by atoms with van der Waals surface area (Å²) in [4.78, 5) is 0. The highest BCUT2D eigenvalue weighted by Crippen LogP contribution is 2.50. The molecular weight excluding hydrogens is 512 g/mol. The van der Waals surface area contributed by atoms with Crippen molar-refractivity contribution in [2.24, 2.45) is 0 Å². The van der Waals surface area contributed by atoms with E-state index in [4.69, 9.17) is 4.18 Å². The van der Waals surface area contributed by atoms with Crippen LogP contribution in [0.1, 0.15) is 0 Å². The van der Waals surface area contributed by atoms with Crippen LogP contribution < -0.4 is 4.18 Å². The van der Waals surface area contributed by atoms with E-state index >= 15 is 0 Å². The number of benzene rings is 4. The Balaban J connectivity index is 2.16. The molecule has 28 heavy (non-hydrogen) atoms. The van der Waals surface area contributed by atoms with E-state index in [0.717, 1.165) is 5.39 Å². The number of hydrogen-bond donors (Lipinski definition) is 2. The average molecular weight is 524 g/mol. The summed E-state index contributed by atoms with van der Waals surface area (Å²) in [5, 5.41) is 13.5. The van der Waals surface area contributed by atoms with Gasteiger partial charge in [-0.1, -0.05) is 54.6 Å². The zero-order chi connectivity index (χ0) is 20.1. The summed E-state index contributed by atoms with van der Waals surface area (Å²) in [6, 6.07) is 17.8. The highest BCUT2D eigenvalue weighted by atomic mass is 79.9. The van der Waals surface area contributed by atoms with Crippen LogP contribution in [0.4, 0.5) is 0 Å². The lowest BCUT2D eigenvalue weighted by Crippen LogP contribution is -2.08. The third-order valence-electron chi connectivity index (χ3n) is 4.41. The molecule has 4 aromatic rings. The molecule has 0 aliphatic carbocycles. The maximum atomic E-state index is 11.6. The van der Waals surface area contributed by atoms with Crippen molar-refractivity contribution in [2.75, 3.05) is 0 Å². The molecule has 0 fully saturated rings. The van der Waals surface area contributed by atoms with Gasteiger partial charge in [-0.15, -0.1) is 0 Å². The highest BCUT2D eigenvalue weighted by molar-refractivity contribution is 9.13. The minimum absolute atomic E-state index is 0.0267. The van der Waals surface area contributed by atoms with Crippen molar-refractivity contribution >= 4 is 63.8 Å². The lowest BCUT2D eigenvalue weighted by Gasteiger charge is -2.18. The van der Waals surface area contributed by atoms with E-state index in [0.29, 0.717) is 36.2 Å². The molecule has 4 aromatic carbocycles. The van der Waals surface area contributed by atoms with E-state index in [1.165, 1.54) is 0 Å². The molecule has 0 aliphatic heterocycles. The first-order valence-corrected chi connectivity index (χ1v) is 11.0. The quantitative estimate of drug-likeness (QED) is 0.318. The molecule has 0 radical (unpaired) electrons. The predicted octanol–water partition coefficient (Wildman–Crippen LogP) is 6.07. The first kappa shape index (κ1) is 19.2. The molecule has 0 atom stereocenters. The normalized spacial score (nSPS) is 11.8. The molecule has 5 nitrogen and oxygen atoms in total. The van der Waals surface area contributed by atoms with Gasteiger partial charge < -0.3 is 9.29 Å². The lowest BCUT2D eigenvalue weighted by atomic mass is 9.96. The third-order valence-corrected chi connectivity index (χ3v) is 6.93. The standard InChI is InChI=1S/C20H12Br2O5S/c21-17-13-7-3-4-8-14(13)20(27-28(24,25)26)16(18(17)22)15-10-9-11-5-1-2-6-12(11)19(15)23/h1-10,23H,(H,24,25,26). The summed E-state index contributed by atoms with van der Waals surface area (Å²) < 4.78 is 38.6. The van der Waals surface area contributed by atoms with E-state index in [-0.39, 0.29) is 11.5 Å². The average Bonchev–Trinajstić information content (AvgIpc) is 2.67. The Morgan fingerprint density at radius 2 is 1.39 bits per heavy atom. The first-order chi connectivity index (χ1) is 13.3. The Kier molecular flexibility index (Phi) is 4.83. The van der Waals surface area contributed by atoms with Gasteiger partial charge in [0.1, 0.15) is 5.75 Å². The van der Waals surface area contributed by atoms with Crippen LogP contribution in [0, 0.1) is 0 Å². The summed E-state index contributed by atoms with van der Waals surface area (Å²) in [5.41, 5.74) is 0.655. The van der Waals surface area contributed by atoms with Crippen LogP contribution in [0.2, 0.25) is 0 Å². The van der Waals surface area contributed by atoms with E-state index in [1.807, 2.05) is 18.2 Å². The fourth-order valence-corrected chi connectivity index (χ4v) is 4.76. The number of phenols is 1. The fourth-order valence-electron chi connectivity index (χ4n) is 3.22. The largest absolute Gasteiger partial charge is 0.507 e. The molecule has 0 amide bonds. The van der Waals surface area contributed by atoms with Gasteiger partial charge in [0.15, 0.2) is 5.75 Å². The van der Waals surface area contributed by atoms with Crippen molar-refractivity contribution < 1.29 is 22.3 Å². The van der Waals surface area contributed by atoms with Gasteiger partial charge in [-0.2, -0.15) is 8.42 Å². The Morgan fingerprint density at radius 1 is 0.786 bits per heavy atom. The van der Waals surface area contributed by atoms with Gasteiger partial charge in [0.25, 0.3) is 0 Å². The maximum Gasteiger partial charge on any atom is 0.446 e. The Morgan fingerprint density at radius 3 is 2.07 bits per heavy atom. The summed E-state index contributed by atoms with van der Waals surface area (Å²) >= 11 is 7.00. The van der Waals surface area contributed by atoms with Crippen LogP contribution in [-0.4, -0.2) is 18.1 Å². The summed E-state index contributed by atoms with van der Waals surface area (Å²) in [5.74, 6) is -0.111. The molecule has 0 aromatic heterocycles. The Labute approximate surface area is 177 Å². The highest BCUT2D eigenvalue weighted by Gasteiger charge is 2.25. The minimum atomic E-state index is -4.80. The van der Waals surface area contributed by atoms with E-state index in [2.05, 4.69) is 31.9 Å². The van der Waals surface area contributed by atoms with Gasteiger partial charge in [0.05, 0.1) is 0 Å². The van der Waals surface area contributed by atoms with Crippen molar-refractivity contribution in [3.63, 3.8) is 0 Å². The van der Waals surface area contributed by atoms with Crippen LogP contribution in [0.5, 0.6) is 11.5 Å². The van der Waals surface area contributed by atoms with Crippen LogP contribution in [0.15, 0.2) is 69.6 Å². The molecular formula is C20H12Br2O5S. The van der Waals surface area contributed by atoms with Crippen LogP contribution in [0.3, 0.4) is 0 Å². The second-order valence-electron chi connectivity index (χ2n) is 6.07. The number of phenolic OH excluding ortho intramolecular Hbond substituents is 1. The molecule has 142 valence electrons. The van der Waals surface area contributed by atoms with E-state index in [9.17, 15) is 18.1 Å². The fraction of sp³-hybridized carbons (Fsp3) is 0. The van der Waals surface area contributed by atoms with E-state index < -0.39 is 10.4 Å². The molecule has 0 unspecified atom stereocenters. The molecule has 2 N–H and O–H groups in total. The van der Waals surface area contributed by atoms with E-state index in [1.54, 1.807) is 42.5 Å². The maximum absolute atomic E-state index is 11.6. The third kappa shape index (κ3) is 3.26. The van der Waals surface area contributed by atoms with Crippen LogP contribution in [0.25, 0.3) is 32.7 Å².